The van der Waals surface area contributed by atoms with Crippen LogP contribution < -0.4 is 15.8 Å². The van der Waals surface area contributed by atoms with Gasteiger partial charge in [-0.25, -0.2) is 9.67 Å². The number of aryl methyl sites for hydroxylation is 1. The first-order chi connectivity index (χ1) is 17.0. The molecule has 0 bridgehead atoms. The first-order valence-corrected chi connectivity index (χ1v) is 11.9. The molecule has 0 unspecified atom stereocenters. The van der Waals surface area contributed by atoms with Crippen LogP contribution in [0.2, 0.25) is 5.02 Å². The normalized spacial score (nSPS) is 14.4. The number of hydrogen-bond donors (Lipinski definition) is 1. The van der Waals surface area contributed by atoms with Crippen molar-refractivity contribution in [2.45, 2.75) is 0 Å². The molecule has 0 aliphatic carbocycles. The molecule has 4 aromatic rings. The van der Waals surface area contributed by atoms with Crippen molar-refractivity contribution in [1.82, 2.24) is 29.5 Å². The molecule has 1 fully saturated rings. The summed E-state index contributed by atoms with van der Waals surface area (Å²) in [6.45, 7) is 4.96. The standard InChI is InChI=1S/C25H26ClN7O2/c1-30-17-28-21-22(29-33(23(21)25(30)35)20-9-7-18(26)8-10-20)24(34)27-11-12-31-13-15-32(16-14-31)19-5-3-2-4-6-19/h2-10,17H,11-16H2,1H3,(H,27,34). The molecule has 10 heteroatoms. The predicted molar refractivity (Wildman–Crippen MR) is 137 cm³/mol. The minimum atomic E-state index is -0.355. The number of nitrogens with zero attached hydrogens (tertiary/aromatic N) is 6. The van der Waals surface area contributed by atoms with E-state index in [2.05, 4.69) is 49.5 Å². The van der Waals surface area contributed by atoms with Gasteiger partial charge in [0, 0.05) is 57.0 Å². The zero-order valence-corrected chi connectivity index (χ0v) is 20.1. The van der Waals surface area contributed by atoms with Crippen LogP contribution in [0.4, 0.5) is 5.69 Å². The molecular weight excluding hydrogens is 466 g/mol. The number of fused-ring (bicyclic) bond motifs is 1. The first kappa shape index (κ1) is 23.1. The molecule has 35 heavy (non-hydrogen) atoms. The summed E-state index contributed by atoms with van der Waals surface area (Å²) in [4.78, 5) is 35.0. The van der Waals surface area contributed by atoms with Gasteiger partial charge in [0.2, 0.25) is 0 Å². The molecule has 0 saturated carbocycles. The quantitative estimate of drug-likeness (QED) is 0.445. The first-order valence-electron chi connectivity index (χ1n) is 11.5. The Morgan fingerprint density at radius 3 is 2.43 bits per heavy atom. The predicted octanol–water partition coefficient (Wildman–Crippen LogP) is 2.32. The van der Waals surface area contributed by atoms with Gasteiger partial charge in [-0.05, 0) is 36.4 Å². The van der Waals surface area contributed by atoms with E-state index in [-0.39, 0.29) is 28.2 Å². The minimum absolute atomic E-state index is 0.126. The molecule has 5 rings (SSSR count). The Morgan fingerprint density at radius 1 is 1.00 bits per heavy atom. The highest BCUT2D eigenvalue weighted by atomic mass is 35.5. The number of aromatic nitrogens is 4. The molecule has 2 aromatic heterocycles. The Hall–Kier alpha value is -3.69. The van der Waals surface area contributed by atoms with Crippen LogP contribution in [0.15, 0.2) is 65.7 Å². The van der Waals surface area contributed by atoms with Gasteiger partial charge in [0.25, 0.3) is 11.5 Å². The zero-order chi connectivity index (χ0) is 24.4. The fourth-order valence-electron chi connectivity index (χ4n) is 4.29. The molecule has 2 aromatic carbocycles. The summed E-state index contributed by atoms with van der Waals surface area (Å²) in [6.07, 6.45) is 1.40. The van der Waals surface area contributed by atoms with E-state index >= 15 is 0 Å². The smallest absolute Gasteiger partial charge is 0.279 e. The second-order valence-corrected chi connectivity index (χ2v) is 8.95. The van der Waals surface area contributed by atoms with E-state index < -0.39 is 0 Å². The molecule has 0 radical (unpaired) electrons. The number of para-hydroxylation sites is 1. The number of rotatable bonds is 6. The second-order valence-electron chi connectivity index (χ2n) is 8.51. The summed E-state index contributed by atoms with van der Waals surface area (Å²) in [5, 5.41) is 7.98. The Labute approximate surface area is 207 Å². The third kappa shape index (κ3) is 4.78. The Morgan fingerprint density at radius 2 is 1.71 bits per heavy atom. The van der Waals surface area contributed by atoms with Crippen LogP contribution in [0.1, 0.15) is 10.5 Å². The Bertz CT molecular complexity index is 1390. The number of carbonyl (C=O) groups is 1. The van der Waals surface area contributed by atoms with Crippen LogP contribution in [0, 0.1) is 0 Å². The molecule has 1 amide bonds. The van der Waals surface area contributed by atoms with Gasteiger partial charge in [-0.1, -0.05) is 29.8 Å². The number of anilines is 1. The third-order valence-corrected chi connectivity index (χ3v) is 6.49. The number of carbonyl (C=O) groups excluding carboxylic acids is 1. The second kappa shape index (κ2) is 9.89. The third-order valence-electron chi connectivity index (χ3n) is 6.24. The molecule has 9 nitrogen and oxygen atoms in total. The lowest BCUT2D eigenvalue weighted by Gasteiger charge is -2.36. The van der Waals surface area contributed by atoms with Crippen molar-refractivity contribution < 1.29 is 4.79 Å². The summed E-state index contributed by atoms with van der Waals surface area (Å²) in [6, 6.07) is 17.3. The number of benzene rings is 2. The van der Waals surface area contributed by atoms with Crippen molar-refractivity contribution in [2.24, 2.45) is 7.05 Å². The topological polar surface area (TPSA) is 88.3 Å². The zero-order valence-electron chi connectivity index (χ0n) is 19.4. The Balaban J connectivity index is 1.27. The van der Waals surface area contributed by atoms with E-state index in [0.29, 0.717) is 17.3 Å². The van der Waals surface area contributed by atoms with Crippen molar-refractivity contribution in [3.63, 3.8) is 0 Å². The summed E-state index contributed by atoms with van der Waals surface area (Å²) >= 11 is 6.01. The molecule has 3 heterocycles. The highest BCUT2D eigenvalue weighted by Gasteiger charge is 2.23. The fraction of sp³-hybridized carbons (Fsp3) is 0.280. The average Bonchev–Trinajstić information content (AvgIpc) is 3.28. The van der Waals surface area contributed by atoms with Crippen molar-refractivity contribution in [1.29, 1.82) is 0 Å². The van der Waals surface area contributed by atoms with Crippen LogP contribution in [-0.4, -0.2) is 69.4 Å². The molecule has 1 saturated heterocycles. The van der Waals surface area contributed by atoms with Crippen LogP contribution in [0.25, 0.3) is 16.7 Å². The summed E-state index contributed by atoms with van der Waals surface area (Å²) < 4.78 is 2.83. The Kier molecular flexibility index (Phi) is 6.52. The van der Waals surface area contributed by atoms with Crippen LogP contribution in [0.3, 0.4) is 0 Å². The molecular formula is C25H26ClN7O2. The maximum Gasteiger partial charge on any atom is 0.279 e. The van der Waals surface area contributed by atoms with Gasteiger partial charge in [-0.2, -0.15) is 5.10 Å². The maximum absolute atomic E-state index is 13.0. The minimum Gasteiger partial charge on any atom is -0.369 e. The van der Waals surface area contributed by atoms with Gasteiger partial charge in [-0.15, -0.1) is 0 Å². The van der Waals surface area contributed by atoms with Gasteiger partial charge in [0.15, 0.2) is 11.2 Å². The number of hydrogen-bond acceptors (Lipinski definition) is 6. The highest BCUT2D eigenvalue weighted by Crippen LogP contribution is 2.20. The summed E-state index contributed by atoms with van der Waals surface area (Å²) in [7, 11) is 1.62. The van der Waals surface area contributed by atoms with Crippen molar-refractivity contribution in [3.05, 3.63) is 82.0 Å². The van der Waals surface area contributed by atoms with Crippen LogP contribution >= 0.6 is 11.6 Å². The van der Waals surface area contributed by atoms with Crippen molar-refractivity contribution in [2.75, 3.05) is 44.2 Å². The van der Waals surface area contributed by atoms with Crippen LogP contribution in [-0.2, 0) is 7.05 Å². The average molecular weight is 492 g/mol. The highest BCUT2D eigenvalue weighted by molar-refractivity contribution is 6.30. The monoisotopic (exact) mass is 491 g/mol. The number of amides is 1. The largest absolute Gasteiger partial charge is 0.369 e. The number of nitrogens with one attached hydrogen (secondary N) is 1. The molecule has 0 atom stereocenters. The van der Waals surface area contributed by atoms with Crippen molar-refractivity contribution >= 4 is 34.2 Å². The summed E-state index contributed by atoms with van der Waals surface area (Å²) in [5.74, 6) is -0.355. The SMILES string of the molecule is Cn1cnc2c(C(=O)NCCN3CCN(c4ccccc4)CC3)nn(-c3ccc(Cl)cc3)c2c1=O. The van der Waals surface area contributed by atoms with E-state index in [1.54, 1.807) is 31.3 Å². The number of halogens is 1. The molecule has 1 N–H and O–H groups in total. The lowest BCUT2D eigenvalue weighted by atomic mass is 10.2. The van der Waals surface area contributed by atoms with Gasteiger partial charge in [-0.3, -0.25) is 14.5 Å². The van der Waals surface area contributed by atoms with Crippen LogP contribution in [0.5, 0.6) is 0 Å². The molecule has 1 aliphatic heterocycles. The number of piperazine rings is 1. The fourth-order valence-corrected chi connectivity index (χ4v) is 4.42. The van der Waals surface area contributed by atoms with E-state index in [4.69, 9.17) is 11.6 Å². The maximum atomic E-state index is 13.0. The van der Waals surface area contributed by atoms with E-state index in [9.17, 15) is 9.59 Å². The van der Waals surface area contributed by atoms with E-state index in [0.717, 1.165) is 32.7 Å². The van der Waals surface area contributed by atoms with Gasteiger partial charge >= 0.3 is 0 Å². The molecule has 1 aliphatic rings. The van der Waals surface area contributed by atoms with Gasteiger partial charge in [0.1, 0.15) is 5.52 Å². The van der Waals surface area contributed by atoms with Gasteiger partial charge < -0.3 is 14.8 Å². The lowest BCUT2D eigenvalue weighted by molar-refractivity contribution is 0.0943. The summed E-state index contributed by atoms with van der Waals surface area (Å²) in [5.41, 5.74) is 2.23. The van der Waals surface area contributed by atoms with Gasteiger partial charge in [0.05, 0.1) is 12.0 Å². The van der Waals surface area contributed by atoms with E-state index in [1.165, 1.54) is 21.3 Å². The van der Waals surface area contributed by atoms with E-state index in [1.807, 2.05) is 6.07 Å². The lowest BCUT2D eigenvalue weighted by Crippen LogP contribution is -2.48. The van der Waals surface area contributed by atoms with Crippen molar-refractivity contribution in [3.8, 4) is 5.69 Å². The molecule has 180 valence electrons. The molecule has 0 spiro atoms.